The molecule has 0 spiro atoms. The third-order valence-electron chi connectivity index (χ3n) is 4.36. The molecule has 0 bridgehead atoms. The Bertz CT molecular complexity index is 470. The van der Waals surface area contributed by atoms with Crippen molar-refractivity contribution in [2.75, 3.05) is 7.11 Å². The fraction of sp³-hybridized carbons (Fsp3) is 0.556. The van der Waals surface area contributed by atoms with Crippen LogP contribution in [0.15, 0.2) is 24.3 Å². The highest BCUT2D eigenvalue weighted by Crippen LogP contribution is 2.40. The molecule has 0 unspecified atom stereocenters. The van der Waals surface area contributed by atoms with Gasteiger partial charge in [-0.1, -0.05) is 47.1 Å². The predicted molar refractivity (Wildman–Crippen MR) is 92.4 cm³/mol. The summed E-state index contributed by atoms with van der Waals surface area (Å²) >= 11 is 0. The summed E-state index contributed by atoms with van der Waals surface area (Å²) in [6, 6.07) is 7.54. The standard InChI is InChI=1S/C18H28O2Si/c1-14(2)21(15(3)4,16(5)6)13-12-20-18-10-8-17(19-7)9-11-18/h8-11,14-16H,1-7H3. The van der Waals surface area contributed by atoms with E-state index in [0.29, 0.717) is 16.6 Å². The Morgan fingerprint density at radius 1 is 0.810 bits per heavy atom. The van der Waals surface area contributed by atoms with Crippen LogP contribution in [0.5, 0.6) is 11.5 Å². The molecule has 1 rings (SSSR count). The van der Waals surface area contributed by atoms with Crippen LogP contribution in [0.3, 0.4) is 0 Å². The van der Waals surface area contributed by atoms with Gasteiger partial charge in [0.05, 0.1) is 7.11 Å². The van der Waals surface area contributed by atoms with Gasteiger partial charge < -0.3 is 9.47 Å². The molecule has 0 aliphatic carbocycles. The van der Waals surface area contributed by atoms with Crippen LogP contribution >= 0.6 is 0 Å². The molecule has 0 saturated heterocycles. The summed E-state index contributed by atoms with van der Waals surface area (Å²) in [6.07, 6.45) is 3.00. The first-order chi connectivity index (χ1) is 9.84. The molecular weight excluding hydrogens is 276 g/mol. The van der Waals surface area contributed by atoms with E-state index in [-0.39, 0.29) is 0 Å². The van der Waals surface area contributed by atoms with Gasteiger partial charge >= 0.3 is 0 Å². The molecule has 0 aromatic heterocycles. The summed E-state index contributed by atoms with van der Waals surface area (Å²) in [5, 5.41) is 0. The highest BCUT2D eigenvalue weighted by molar-refractivity contribution is 6.90. The maximum absolute atomic E-state index is 5.63. The quantitative estimate of drug-likeness (QED) is 0.546. The summed E-state index contributed by atoms with van der Waals surface area (Å²) in [5.41, 5.74) is 5.39. The van der Waals surface area contributed by atoms with Gasteiger partial charge in [-0.3, -0.25) is 0 Å². The van der Waals surface area contributed by atoms with E-state index in [1.807, 2.05) is 24.3 Å². The highest BCUT2D eigenvalue weighted by atomic mass is 28.3. The van der Waals surface area contributed by atoms with Gasteiger partial charge in [-0.05, 0) is 40.9 Å². The fourth-order valence-electron chi connectivity index (χ4n) is 3.25. The average Bonchev–Trinajstić information content (AvgIpc) is 2.43. The largest absolute Gasteiger partial charge is 0.497 e. The van der Waals surface area contributed by atoms with Gasteiger partial charge in [0, 0.05) is 0 Å². The van der Waals surface area contributed by atoms with E-state index >= 15 is 0 Å². The monoisotopic (exact) mass is 304 g/mol. The van der Waals surface area contributed by atoms with E-state index in [9.17, 15) is 0 Å². The Labute approximate surface area is 130 Å². The van der Waals surface area contributed by atoms with Crippen LogP contribution in [0, 0.1) is 11.7 Å². The molecule has 0 saturated carbocycles. The number of rotatable bonds is 5. The summed E-state index contributed by atoms with van der Waals surface area (Å²) in [7, 11) is -0.0538. The van der Waals surface area contributed by atoms with Gasteiger partial charge in [-0.2, -0.15) is 0 Å². The van der Waals surface area contributed by atoms with Gasteiger partial charge in [0.25, 0.3) is 0 Å². The molecule has 0 atom stereocenters. The van der Waals surface area contributed by atoms with Crippen LogP contribution in [0.2, 0.25) is 16.6 Å². The number of ether oxygens (including phenoxy) is 2. The van der Waals surface area contributed by atoms with E-state index in [4.69, 9.17) is 9.47 Å². The Kier molecular flexibility index (Phi) is 6.35. The van der Waals surface area contributed by atoms with E-state index in [1.54, 1.807) is 7.11 Å². The molecule has 0 amide bonds. The fourth-order valence-corrected chi connectivity index (χ4v) is 8.34. The summed E-state index contributed by atoms with van der Waals surface area (Å²) in [6.45, 7) is 13.8. The number of benzene rings is 1. The molecule has 2 nitrogen and oxygen atoms in total. The maximum Gasteiger partial charge on any atom is 0.150 e. The smallest absolute Gasteiger partial charge is 0.150 e. The van der Waals surface area contributed by atoms with Gasteiger partial charge in [0.2, 0.25) is 0 Å². The lowest BCUT2D eigenvalue weighted by molar-refractivity contribution is 0.413. The maximum atomic E-state index is 5.63. The second kappa shape index (κ2) is 7.56. The van der Waals surface area contributed by atoms with Crippen molar-refractivity contribution in [3.05, 3.63) is 24.3 Å². The third kappa shape index (κ3) is 4.04. The van der Waals surface area contributed by atoms with Gasteiger partial charge in [0.1, 0.15) is 17.6 Å². The van der Waals surface area contributed by atoms with Crippen molar-refractivity contribution < 1.29 is 9.47 Å². The van der Waals surface area contributed by atoms with Crippen LogP contribution in [0.25, 0.3) is 0 Å². The van der Waals surface area contributed by atoms with E-state index < -0.39 is 8.07 Å². The Morgan fingerprint density at radius 2 is 1.24 bits per heavy atom. The molecule has 3 heteroatoms. The van der Waals surface area contributed by atoms with E-state index in [2.05, 4.69) is 53.2 Å². The van der Waals surface area contributed by atoms with Crippen LogP contribution in [0.4, 0.5) is 0 Å². The number of hydrogen-bond acceptors (Lipinski definition) is 2. The lowest BCUT2D eigenvalue weighted by atomic mass is 10.3. The first-order valence-electron chi connectivity index (χ1n) is 7.67. The molecule has 0 heterocycles. The van der Waals surface area contributed by atoms with Crippen molar-refractivity contribution in [3.63, 3.8) is 0 Å². The Hall–Kier alpha value is -1.40. The minimum atomic E-state index is -1.71. The topological polar surface area (TPSA) is 18.5 Å². The molecule has 0 fully saturated rings. The molecule has 0 N–H and O–H groups in total. The van der Waals surface area contributed by atoms with E-state index in [1.165, 1.54) is 0 Å². The van der Waals surface area contributed by atoms with Crippen LogP contribution in [-0.4, -0.2) is 15.2 Å². The molecule has 1 aromatic carbocycles. The van der Waals surface area contributed by atoms with Gasteiger partial charge in [0.15, 0.2) is 8.07 Å². The normalized spacial score (nSPS) is 11.5. The zero-order valence-corrected chi connectivity index (χ0v) is 15.4. The van der Waals surface area contributed by atoms with Crippen molar-refractivity contribution in [3.8, 4) is 23.1 Å². The minimum Gasteiger partial charge on any atom is -0.497 e. The second-order valence-corrected chi connectivity index (χ2v) is 12.0. The van der Waals surface area contributed by atoms with Crippen LogP contribution in [0.1, 0.15) is 41.5 Å². The third-order valence-corrected chi connectivity index (χ3v) is 10.6. The summed E-state index contributed by atoms with van der Waals surface area (Å²) < 4.78 is 10.8. The summed E-state index contributed by atoms with van der Waals surface area (Å²) in [4.78, 5) is 0. The predicted octanol–water partition coefficient (Wildman–Crippen LogP) is 5.25. The lowest BCUT2D eigenvalue weighted by Gasteiger charge is -2.37. The molecule has 0 radical (unpaired) electrons. The SMILES string of the molecule is COc1ccc(OC#C[Si](C(C)C)(C(C)C)C(C)C)cc1. The van der Waals surface area contributed by atoms with Crippen molar-refractivity contribution in [1.82, 2.24) is 0 Å². The Morgan fingerprint density at radius 3 is 1.62 bits per heavy atom. The zero-order valence-electron chi connectivity index (χ0n) is 14.4. The molecular formula is C18H28O2Si. The van der Waals surface area contributed by atoms with Crippen molar-refractivity contribution in [2.45, 2.75) is 58.2 Å². The first kappa shape index (κ1) is 17.6. The first-order valence-corrected chi connectivity index (χ1v) is 9.90. The molecule has 0 aliphatic heterocycles. The zero-order chi connectivity index (χ0) is 16.0. The Balaban J connectivity index is 2.94. The summed E-state index contributed by atoms with van der Waals surface area (Å²) in [5.74, 6) is 1.59. The minimum absolute atomic E-state index is 0.615. The van der Waals surface area contributed by atoms with Crippen molar-refractivity contribution in [2.24, 2.45) is 0 Å². The van der Waals surface area contributed by atoms with Crippen LogP contribution < -0.4 is 9.47 Å². The second-order valence-electron chi connectivity index (χ2n) is 6.40. The molecule has 0 aliphatic rings. The van der Waals surface area contributed by atoms with Gasteiger partial charge in [-0.15, -0.1) is 0 Å². The number of methoxy groups -OCH3 is 1. The van der Waals surface area contributed by atoms with Gasteiger partial charge in [-0.25, -0.2) is 0 Å². The molecule has 21 heavy (non-hydrogen) atoms. The van der Waals surface area contributed by atoms with Crippen molar-refractivity contribution in [1.29, 1.82) is 0 Å². The van der Waals surface area contributed by atoms with E-state index in [0.717, 1.165) is 11.5 Å². The average molecular weight is 305 g/mol. The van der Waals surface area contributed by atoms with Crippen molar-refractivity contribution >= 4 is 8.07 Å². The molecule has 116 valence electrons. The highest BCUT2D eigenvalue weighted by Gasteiger charge is 2.42. The molecule has 1 aromatic rings. The number of hydrogen-bond donors (Lipinski definition) is 0. The van der Waals surface area contributed by atoms with Crippen LogP contribution in [-0.2, 0) is 0 Å². The lowest BCUT2D eigenvalue weighted by Crippen LogP contribution is -2.43.